The van der Waals surface area contributed by atoms with Crippen molar-refractivity contribution in [2.75, 3.05) is 61.1 Å². The minimum atomic E-state index is -5.14. The van der Waals surface area contributed by atoms with Crippen molar-refractivity contribution in [3.05, 3.63) is 113 Å². The van der Waals surface area contributed by atoms with Crippen LogP contribution >= 0.6 is 23.1 Å². The Morgan fingerprint density at radius 1 is 0.933 bits per heavy atom. The fraction of sp³-hybridized carbons (Fsp3) is 0.415. The number of benzene rings is 3. The van der Waals surface area contributed by atoms with Crippen molar-refractivity contribution in [1.82, 2.24) is 25.5 Å². The van der Waals surface area contributed by atoms with E-state index < -0.39 is 81.6 Å². The maximum absolute atomic E-state index is 15.4. The van der Waals surface area contributed by atoms with Gasteiger partial charge in [0.25, 0.3) is 5.91 Å². The van der Waals surface area contributed by atoms with E-state index in [1.54, 1.807) is 86.8 Å². The van der Waals surface area contributed by atoms with E-state index in [1.165, 1.54) is 22.7 Å². The van der Waals surface area contributed by atoms with Gasteiger partial charge in [0.15, 0.2) is 5.82 Å². The summed E-state index contributed by atoms with van der Waals surface area (Å²) in [5.41, 5.74) is 1.37. The molecule has 2 aromatic heterocycles. The first-order valence-electron chi connectivity index (χ1n) is 24.0. The Bertz CT molecular complexity index is 2870. The van der Waals surface area contributed by atoms with Gasteiger partial charge in [-0.05, 0) is 85.8 Å². The van der Waals surface area contributed by atoms with E-state index in [2.05, 4.69) is 20.6 Å². The van der Waals surface area contributed by atoms with Crippen molar-refractivity contribution in [1.29, 1.82) is 5.26 Å². The molecule has 0 aliphatic carbocycles. The van der Waals surface area contributed by atoms with Crippen LogP contribution in [0.1, 0.15) is 63.4 Å². The number of aryl methyl sites for hydroxylation is 1. The summed E-state index contributed by atoms with van der Waals surface area (Å²) in [6.07, 6.45) is -4.40. The van der Waals surface area contributed by atoms with Crippen LogP contribution in [0.15, 0.2) is 84.5 Å². The van der Waals surface area contributed by atoms with E-state index in [4.69, 9.17) is 14.2 Å². The van der Waals surface area contributed by atoms with E-state index in [-0.39, 0.29) is 64.3 Å². The van der Waals surface area contributed by atoms with Gasteiger partial charge in [0.1, 0.15) is 42.1 Å². The number of amides is 4. The molecule has 2 aliphatic rings. The molecule has 5 aromatic rings. The molecule has 22 heteroatoms. The highest BCUT2D eigenvalue weighted by atomic mass is 32.2. The minimum Gasteiger partial charge on any atom is -0.491 e. The van der Waals surface area contributed by atoms with Gasteiger partial charge in [0.05, 0.1) is 88.7 Å². The average Bonchev–Trinajstić information content (AvgIpc) is 3.97. The predicted octanol–water partition coefficient (Wildman–Crippen LogP) is 7.71. The number of carbonyl (C=O) groups is 4. The molecular weight excluding hydrogens is 1020 g/mol. The number of thioether (sulfide) groups is 1. The molecule has 0 bridgehead atoms. The van der Waals surface area contributed by atoms with Crippen LogP contribution in [0.25, 0.3) is 21.7 Å². The molecule has 2 fully saturated rings. The van der Waals surface area contributed by atoms with Crippen LogP contribution in [0.4, 0.5) is 28.9 Å². The van der Waals surface area contributed by atoms with E-state index >= 15 is 4.39 Å². The van der Waals surface area contributed by atoms with Crippen molar-refractivity contribution in [2.24, 2.45) is 5.41 Å². The zero-order valence-corrected chi connectivity index (χ0v) is 43.8. The second-order valence-corrected chi connectivity index (χ2v) is 21.3. The number of pyridine rings is 1. The van der Waals surface area contributed by atoms with E-state index in [9.17, 15) is 42.7 Å². The molecule has 0 radical (unpaired) electrons. The monoisotopic (exact) mass is 1070 g/mol. The lowest BCUT2D eigenvalue weighted by atomic mass is 9.85. The number of halogens is 4. The molecular formula is C53H58F4N8O8S2. The Hall–Kier alpha value is -6.64. The van der Waals surface area contributed by atoms with Crippen molar-refractivity contribution in [2.45, 2.75) is 84.4 Å². The Kier molecular flexibility index (Phi) is 17.9. The molecule has 2 saturated heterocycles. The molecule has 3 N–H and O–H groups in total. The maximum atomic E-state index is 15.4. The number of ether oxygens (including phenoxy) is 3. The smallest absolute Gasteiger partial charge is 0.420 e. The van der Waals surface area contributed by atoms with E-state index in [0.717, 1.165) is 44.3 Å². The van der Waals surface area contributed by atoms with Gasteiger partial charge >= 0.3 is 6.18 Å². The zero-order chi connectivity index (χ0) is 54.2. The quantitative estimate of drug-likeness (QED) is 0.0570. The number of aliphatic hydroxyl groups is 1. The molecule has 0 unspecified atom stereocenters. The van der Waals surface area contributed by atoms with Gasteiger partial charge in [0, 0.05) is 25.1 Å². The number of thiazole rings is 1. The first-order chi connectivity index (χ1) is 35.6. The lowest BCUT2D eigenvalue weighted by Gasteiger charge is -2.38. The highest BCUT2D eigenvalue weighted by molar-refractivity contribution is 7.99. The molecule has 75 heavy (non-hydrogen) atoms. The molecule has 0 saturated carbocycles. The Morgan fingerprint density at radius 2 is 1.63 bits per heavy atom. The Morgan fingerprint density at radius 3 is 2.27 bits per heavy atom. The Balaban J connectivity index is 0.821. The van der Waals surface area contributed by atoms with Gasteiger partial charge in [-0.2, -0.15) is 18.4 Å². The summed E-state index contributed by atoms with van der Waals surface area (Å²) in [6, 6.07) is 19.8. The Labute approximate surface area is 440 Å². The number of aromatic nitrogens is 2. The van der Waals surface area contributed by atoms with Gasteiger partial charge in [0.2, 0.25) is 17.7 Å². The normalized spacial score (nSPS) is 17.3. The lowest BCUT2D eigenvalue weighted by Crippen LogP contribution is -2.58. The molecule has 2 aliphatic heterocycles. The van der Waals surface area contributed by atoms with Crippen molar-refractivity contribution >= 4 is 58.1 Å². The standard InChI is InChI=1S/C53H58F4N8O8S2/c1-32-46(75-29-61-32)35-9-7-33(8-10-35)25-60-48(68)42-23-38(66)27-63(42)49(69)47(51(2,3)4)62-43(67)28-72-20-19-71-21-22-73-39-15-11-34(12-16-39)40-17-14-37(26-59-40)65-31-74-30-64(50(70)52(65,5)6)41-18-13-36(24-58)44(45(41)54)53(55,56)57/h7-18,26,29,38,42,47,66H,19-23,25,27-28,30-31H2,1-6H3,(H,60,68)(H,62,67)/t38-,42+,47-/m1/s1. The van der Waals surface area contributed by atoms with Crippen LogP contribution in [-0.4, -0.2) is 119 Å². The molecule has 3 atom stereocenters. The number of rotatable bonds is 18. The summed E-state index contributed by atoms with van der Waals surface area (Å²) in [5, 5.41) is 25.4. The van der Waals surface area contributed by atoms with Crippen molar-refractivity contribution in [3.63, 3.8) is 0 Å². The summed E-state index contributed by atoms with van der Waals surface area (Å²) in [6.45, 7) is 11.1. The average molecular weight is 1080 g/mol. The second kappa shape index (κ2) is 23.9. The van der Waals surface area contributed by atoms with Gasteiger partial charge in [-0.15, -0.1) is 23.1 Å². The molecule has 3 aromatic carbocycles. The van der Waals surface area contributed by atoms with Gasteiger partial charge in [-0.3, -0.25) is 29.1 Å². The number of alkyl halides is 3. The third-order valence-electron chi connectivity index (χ3n) is 12.7. The first-order valence-corrected chi connectivity index (χ1v) is 26.0. The zero-order valence-electron chi connectivity index (χ0n) is 42.2. The van der Waals surface area contributed by atoms with Crippen LogP contribution in [0.3, 0.4) is 0 Å². The van der Waals surface area contributed by atoms with Crippen LogP contribution in [0.2, 0.25) is 0 Å². The second-order valence-electron chi connectivity index (χ2n) is 19.5. The number of nitrogens with zero attached hydrogens (tertiary/aromatic N) is 6. The highest BCUT2D eigenvalue weighted by Crippen LogP contribution is 2.41. The van der Waals surface area contributed by atoms with E-state index in [1.807, 2.05) is 43.3 Å². The number of likely N-dealkylation sites (tertiary alicyclic amines) is 1. The van der Waals surface area contributed by atoms with Crippen LogP contribution in [0.5, 0.6) is 5.75 Å². The maximum Gasteiger partial charge on any atom is 0.420 e. The van der Waals surface area contributed by atoms with Crippen molar-refractivity contribution < 1.29 is 56.1 Å². The molecule has 398 valence electrons. The van der Waals surface area contributed by atoms with Crippen LogP contribution < -0.4 is 25.2 Å². The summed E-state index contributed by atoms with van der Waals surface area (Å²) < 4.78 is 73.7. The third-order valence-corrected chi connectivity index (χ3v) is 14.6. The number of aliphatic hydroxyl groups excluding tert-OH is 1. The fourth-order valence-corrected chi connectivity index (χ4v) is 10.6. The van der Waals surface area contributed by atoms with E-state index in [0.29, 0.717) is 17.1 Å². The third kappa shape index (κ3) is 13.4. The minimum absolute atomic E-state index is 0.0500. The first kappa shape index (κ1) is 56.1. The van der Waals surface area contributed by atoms with Crippen LogP contribution in [0, 0.1) is 29.5 Å². The largest absolute Gasteiger partial charge is 0.491 e. The number of nitrogens with one attached hydrogen (secondary N) is 2. The molecule has 4 heterocycles. The van der Waals surface area contributed by atoms with Crippen LogP contribution in [-0.2, 0) is 41.4 Å². The summed E-state index contributed by atoms with van der Waals surface area (Å²) in [7, 11) is 0. The molecule has 0 spiro atoms. The lowest BCUT2D eigenvalue weighted by molar-refractivity contribution is -0.144. The molecule has 4 amide bonds. The number of hydrogen-bond donors (Lipinski definition) is 3. The topological polar surface area (TPSA) is 200 Å². The van der Waals surface area contributed by atoms with Crippen molar-refractivity contribution in [3.8, 4) is 33.5 Å². The summed E-state index contributed by atoms with van der Waals surface area (Å²) in [4.78, 5) is 68.4. The van der Waals surface area contributed by atoms with Gasteiger partial charge in [-0.1, -0.05) is 45.0 Å². The number of hydrogen-bond acceptors (Lipinski definition) is 14. The van der Waals surface area contributed by atoms with Gasteiger partial charge < -0.3 is 39.8 Å². The molecule has 16 nitrogen and oxygen atoms in total. The summed E-state index contributed by atoms with van der Waals surface area (Å²) >= 11 is 2.76. The SMILES string of the molecule is Cc1ncsc1-c1ccc(CNC(=O)[C@@H]2C[C@@H](O)CN2C(=O)[C@@H](NC(=O)COCCOCCOc2ccc(-c3ccc(N4CSCN(c5ccc(C#N)c(C(F)(F)F)c5F)C(=O)C4(C)C)cn3)cc2)C(C)(C)C)cc1. The number of carbonyl (C=O) groups excluding carboxylic acids is 4. The fourth-order valence-electron chi connectivity index (χ4n) is 8.63. The van der Waals surface area contributed by atoms with Gasteiger partial charge in [-0.25, -0.2) is 9.37 Å². The predicted molar refractivity (Wildman–Crippen MR) is 276 cm³/mol. The number of anilines is 2. The number of β-amino-alcohol motifs (C(OH)–C–C–N with tert-alkyl or cyclic N) is 1. The number of nitriles is 1. The molecule has 7 rings (SSSR count). The highest BCUT2D eigenvalue weighted by Gasteiger charge is 2.46. The summed E-state index contributed by atoms with van der Waals surface area (Å²) in [5.74, 6) is -3.04.